The zero-order valence-corrected chi connectivity index (χ0v) is 23.5. The Morgan fingerprint density at radius 1 is 0.842 bits per heavy atom. The fourth-order valence-electron chi connectivity index (χ4n) is 9.03. The Morgan fingerprint density at radius 2 is 1.45 bits per heavy atom. The molecule has 3 bridgehead atoms. The number of rotatable bonds is 7. The van der Waals surface area contributed by atoms with Crippen LogP contribution in [-0.2, 0) is 9.53 Å². The molecule has 6 atom stereocenters. The fraction of sp³-hybridized carbons (Fsp3) is 0.441. The normalized spacial score (nSPS) is 32.4. The third-order valence-corrected chi connectivity index (χ3v) is 12.9. The van der Waals surface area contributed by atoms with Crippen molar-refractivity contribution < 1.29 is 14.3 Å². The van der Waals surface area contributed by atoms with Crippen molar-refractivity contribution in [3.05, 3.63) is 83.9 Å². The van der Waals surface area contributed by atoms with Crippen LogP contribution in [0.2, 0.25) is 0 Å². The van der Waals surface area contributed by atoms with Gasteiger partial charge in [-0.05, 0) is 138 Å². The summed E-state index contributed by atoms with van der Waals surface area (Å²) in [6.07, 6.45) is 6.57. The maximum Gasteiger partial charge on any atom is 0.344 e. The molecule has 1 spiro atoms. The monoisotopic (exact) mass is 526 g/mol. The molecule has 0 saturated heterocycles. The lowest BCUT2D eigenvalue weighted by Crippen LogP contribution is -2.52. The summed E-state index contributed by atoms with van der Waals surface area (Å²) in [6, 6.07) is 26.0. The van der Waals surface area contributed by atoms with Crippen LogP contribution in [0.5, 0.6) is 5.75 Å². The van der Waals surface area contributed by atoms with Gasteiger partial charge in [-0.15, -0.1) is 0 Å². The van der Waals surface area contributed by atoms with E-state index in [0.717, 1.165) is 28.7 Å². The molecular formula is C34H38O3S. The summed E-state index contributed by atoms with van der Waals surface area (Å²) in [5.41, 5.74) is 2.31. The molecule has 7 rings (SSSR count). The molecule has 3 nitrogen and oxygen atoms in total. The highest BCUT2D eigenvalue weighted by Crippen LogP contribution is 2.78. The summed E-state index contributed by atoms with van der Waals surface area (Å²) in [7, 11) is -0.685. The van der Waals surface area contributed by atoms with E-state index in [1.165, 1.54) is 46.8 Å². The molecule has 4 heteroatoms. The van der Waals surface area contributed by atoms with Gasteiger partial charge in [0.05, 0.1) is 0 Å². The molecule has 0 radical (unpaired) electrons. The molecule has 4 aliphatic rings. The summed E-state index contributed by atoms with van der Waals surface area (Å²) >= 11 is 0. The molecular weight excluding hydrogens is 488 g/mol. The van der Waals surface area contributed by atoms with Gasteiger partial charge in [-0.25, -0.2) is 4.79 Å². The van der Waals surface area contributed by atoms with E-state index >= 15 is 0 Å². The molecule has 4 saturated carbocycles. The second-order valence-corrected chi connectivity index (χ2v) is 14.7. The van der Waals surface area contributed by atoms with E-state index in [2.05, 4.69) is 93.6 Å². The van der Waals surface area contributed by atoms with E-state index < -0.39 is 10.9 Å². The smallest absolute Gasteiger partial charge is 0.344 e. The van der Waals surface area contributed by atoms with E-state index in [1.54, 1.807) is 0 Å². The molecule has 0 aromatic heterocycles. The van der Waals surface area contributed by atoms with Gasteiger partial charge in [-0.2, -0.15) is 10.9 Å². The molecule has 0 amide bonds. The number of fused-ring (bicyclic) bond motifs is 2. The van der Waals surface area contributed by atoms with Gasteiger partial charge < -0.3 is 9.47 Å². The lowest BCUT2D eigenvalue weighted by molar-refractivity contribution is -0.181. The maximum atomic E-state index is 13.2. The molecule has 3 aromatic carbocycles. The van der Waals surface area contributed by atoms with Crippen LogP contribution in [0.1, 0.15) is 50.2 Å². The quantitative estimate of drug-likeness (QED) is 0.251. The minimum atomic E-state index is -0.685. The van der Waals surface area contributed by atoms with Crippen molar-refractivity contribution in [2.45, 2.75) is 73.2 Å². The van der Waals surface area contributed by atoms with Crippen LogP contribution in [0.15, 0.2) is 87.5 Å². The fourth-order valence-corrected chi connectivity index (χ4v) is 11.5. The van der Waals surface area contributed by atoms with Gasteiger partial charge >= 0.3 is 5.97 Å². The topological polar surface area (TPSA) is 35.5 Å². The molecule has 0 heterocycles. The lowest BCUT2D eigenvalue weighted by atomic mass is 9.54. The number of aryl methyl sites for hydroxylation is 2. The van der Waals surface area contributed by atoms with Gasteiger partial charge in [0.2, 0.25) is 0 Å². The second kappa shape index (κ2) is 8.91. The third-order valence-electron chi connectivity index (χ3n) is 10.5. The molecule has 4 aliphatic carbocycles. The van der Waals surface area contributed by atoms with E-state index in [-0.39, 0.29) is 18.2 Å². The number of thiol groups is 1. The van der Waals surface area contributed by atoms with Crippen molar-refractivity contribution in [3.63, 3.8) is 0 Å². The Morgan fingerprint density at radius 3 is 2.08 bits per heavy atom. The summed E-state index contributed by atoms with van der Waals surface area (Å²) < 4.78 is 12.5. The molecule has 3 aromatic rings. The number of carbonyl (C=O) groups excluding carboxylic acids is 1. The molecule has 38 heavy (non-hydrogen) atoms. The highest BCUT2D eigenvalue weighted by molar-refractivity contribution is 8.17. The largest absolute Gasteiger partial charge is 0.481 e. The number of esters is 1. The van der Waals surface area contributed by atoms with Crippen LogP contribution < -0.4 is 4.74 Å². The van der Waals surface area contributed by atoms with Crippen molar-refractivity contribution in [2.24, 2.45) is 29.1 Å². The van der Waals surface area contributed by atoms with Crippen molar-refractivity contribution >= 4 is 16.9 Å². The maximum absolute atomic E-state index is 13.2. The Labute approximate surface area is 229 Å². The first-order valence-electron chi connectivity index (χ1n) is 14.2. The zero-order valence-electron chi connectivity index (χ0n) is 22.7. The Kier molecular flexibility index (Phi) is 5.70. The summed E-state index contributed by atoms with van der Waals surface area (Å²) in [4.78, 5) is 17.1. The number of ether oxygens (including phenoxy) is 2. The van der Waals surface area contributed by atoms with Crippen LogP contribution in [-0.4, -0.2) is 18.2 Å². The number of carbonyl (C=O) groups is 1. The molecule has 4 fully saturated rings. The SMILES string of the molecule is Cc1cc([SH](c2ccccc2)c2ccccc2)cc(C)c1OCC(=O)OC1(C)C2CC3CC4CC1C4(C3)C2. The van der Waals surface area contributed by atoms with Crippen LogP contribution in [0.25, 0.3) is 0 Å². The van der Waals surface area contributed by atoms with E-state index in [0.29, 0.717) is 17.3 Å². The highest BCUT2D eigenvalue weighted by Gasteiger charge is 2.75. The molecule has 6 unspecified atom stereocenters. The van der Waals surface area contributed by atoms with Crippen LogP contribution in [0.3, 0.4) is 0 Å². The van der Waals surface area contributed by atoms with E-state index in [9.17, 15) is 4.79 Å². The standard InChI is InChI=1S/C34H38O3S/c1-22-14-29(38(27-10-6-4-7-11-27)28-12-8-5-9-13-28)15-23(2)32(22)36-21-31(35)37-33(3)26-17-24-16-25-18-30(33)34(25,19-24)20-26/h4-15,24-26,30,38H,16-21H2,1-3H3. The minimum absolute atomic E-state index is 0.0257. The molecule has 0 N–H and O–H groups in total. The number of hydrogen-bond acceptors (Lipinski definition) is 3. The summed E-state index contributed by atoms with van der Waals surface area (Å²) in [5, 5.41) is 0. The Balaban J connectivity index is 1.09. The van der Waals surface area contributed by atoms with Gasteiger partial charge in [0.25, 0.3) is 0 Å². The number of hydrogen-bond donors (Lipinski definition) is 1. The van der Waals surface area contributed by atoms with Crippen LogP contribution >= 0.6 is 10.9 Å². The third kappa shape index (κ3) is 3.66. The summed E-state index contributed by atoms with van der Waals surface area (Å²) in [5.74, 6) is 3.43. The van der Waals surface area contributed by atoms with Gasteiger partial charge in [-0.3, -0.25) is 0 Å². The molecule has 198 valence electrons. The van der Waals surface area contributed by atoms with Gasteiger partial charge in [0.15, 0.2) is 6.61 Å². The van der Waals surface area contributed by atoms with Gasteiger partial charge in [-0.1, -0.05) is 36.4 Å². The van der Waals surface area contributed by atoms with Crippen molar-refractivity contribution in [2.75, 3.05) is 6.61 Å². The van der Waals surface area contributed by atoms with Gasteiger partial charge in [0, 0.05) is 5.92 Å². The average Bonchev–Trinajstić information content (AvgIpc) is 3.16. The van der Waals surface area contributed by atoms with E-state index in [1.807, 2.05) is 0 Å². The summed E-state index contributed by atoms with van der Waals surface area (Å²) in [6.45, 7) is 6.38. The first kappa shape index (κ1) is 24.3. The Hall–Kier alpha value is -2.72. The average molecular weight is 527 g/mol. The predicted molar refractivity (Wildman–Crippen MR) is 152 cm³/mol. The highest BCUT2D eigenvalue weighted by atomic mass is 32.2. The second-order valence-electron chi connectivity index (χ2n) is 12.5. The van der Waals surface area contributed by atoms with Crippen LogP contribution in [0, 0.1) is 42.9 Å². The number of benzene rings is 3. The first-order chi connectivity index (χ1) is 18.4. The first-order valence-corrected chi connectivity index (χ1v) is 15.6. The Bertz CT molecular complexity index is 1310. The van der Waals surface area contributed by atoms with Gasteiger partial charge in [0.1, 0.15) is 11.4 Å². The van der Waals surface area contributed by atoms with Crippen molar-refractivity contribution in [1.82, 2.24) is 0 Å². The zero-order chi connectivity index (χ0) is 26.1. The van der Waals surface area contributed by atoms with E-state index in [4.69, 9.17) is 9.47 Å². The lowest BCUT2D eigenvalue weighted by Gasteiger charge is -2.52. The predicted octanol–water partition coefficient (Wildman–Crippen LogP) is 7.92. The minimum Gasteiger partial charge on any atom is -0.481 e. The van der Waals surface area contributed by atoms with Crippen LogP contribution in [0.4, 0.5) is 0 Å². The van der Waals surface area contributed by atoms with Crippen molar-refractivity contribution in [3.8, 4) is 5.75 Å². The van der Waals surface area contributed by atoms with Crippen molar-refractivity contribution in [1.29, 1.82) is 0 Å². The molecule has 0 aliphatic heterocycles.